The van der Waals surface area contributed by atoms with E-state index in [1.54, 1.807) is 0 Å². The molecule has 0 unspecified atom stereocenters. The first kappa shape index (κ1) is 11.9. The largest absolute Gasteiger partial charge is 0.315 e. The van der Waals surface area contributed by atoms with Gasteiger partial charge in [0.1, 0.15) is 0 Å². The normalized spacial score (nSPS) is 23.6. The molecule has 1 heterocycles. The predicted octanol–water partition coefficient (Wildman–Crippen LogP) is 0.458. The van der Waals surface area contributed by atoms with Crippen molar-refractivity contribution in [3.8, 4) is 0 Å². The monoisotopic (exact) mass is 220 g/mol. The van der Waals surface area contributed by atoms with Crippen LogP contribution < -0.4 is 10.0 Å². The molecule has 0 saturated carbocycles. The molecule has 5 heteroatoms. The average molecular weight is 220 g/mol. The van der Waals surface area contributed by atoms with Crippen LogP contribution in [0.15, 0.2) is 0 Å². The molecule has 1 fully saturated rings. The number of sulfonamides is 1. The SMILES string of the molecule is CCCCS(=O)(=O)N[C@H]1CCCNC1. The Kier molecular flexibility index (Phi) is 4.84. The molecule has 4 nitrogen and oxygen atoms in total. The van der Waals surface area contributed by atoms with E-state index in [1.165, 1.54) is 0 Å². The molecule has 1 rings (SSSR count). The average Bonchev–Trinajstić information content (AvgIpc) is 2.16. The smallest absolute Gasteiger partial charge is 0.211 e. The van der Waals surface area contributed by atoms with Crippen molar-refractivity contribution in [2.45, 2.75) is 38.6 Å². The van der Waals surface area contributed by atoms with E-state index < -0.39 is 10.0 Å². The fourth-order valence-corrected chi connectivity index (χ4v) is 3.10. The van der Waals surface area contributed by atoms with Crippen LogP contribution in [-0.4, -0.2) is 33.3 Å². The lowest BCUT2D eigenvalue weighted by Crippen LogP contribution is -2.46. The highest BCUT2D eigenvalue weighted by atomic mass is 32.2. The van der Waals surface area contributed by atoms with Crippen LogP contribution in [0.3, 0.4) is 0 Å². The van der Waals surface area contributed by atoms with E-state index >= 15 is 0 Å². The van der Waals surface area contributed by atoms with Crippen LogP contribution in [0.2, 0.25) is 0 Å². The van der Waals surface area contributed by atoms with Gasteiger partial charge in [0.2, 0.25) is 10.0 Å². The number of hydrogen-bond donors (Lipinski definition) is 2. The first-order chi connectivity index (χ1) is 6.64. The molecule has 14 heavy (non-hydrogen) atoms. The highest BCUT2D eigenvalue weighted by molar-refractivity contribution is 7.89. The van der Waals surface area contributed by atoms with Gasteiger partial charge >= 0.3 is 0 Å². The number of piperidine rings is 1. The zero-order valence-electron chi connectivity index (χ0n) is 8.75. The Morgan fingerprint density at radius 1 is 1.50 bits per heavy atom. The maximum absolute atomic E-state index is 11.5. The van der Waals surface area contributed by atoms with Crippen molar-refractivity contribution in [2.24, 2.45) is 0 Å². The molecule has 0 aromatic carbocycles. The van der Waals surface area contributed by atoms with E-state index in [-0.39, 0.29) is 11.8 Å². The molecule has 0 bridgehead atoms. The van der Waals surface area contributed by atoms with Crippen LogP contribution in [0.25, 0.3) is 0 Å². The summed E-state index contributed by atoms with van der Waals surface area (Å²) in [4.78, 5) is 0. The third kappa shape index (κ3) is 4.39. The van der Waals surface area contributed by atoms with Crippen LogP contribution in [0.5, 0.6) is 0 Å². The summed E-state index contributed by atoms with van der Waals surface area (Å²) < 4.78 is 25.8. The van der Waals surface area contributed by atoms with Gasteiger partial charge in [-0.05, 0) is 25.8 Å². The van der Waals surface area contributed by atoms with E-state index in [4.69, 9.17) is 0 Å². The molecule has 84 valence electrons. The molecule has 0 aromatic rings. The van der Waals surface area contributed by atoms with E-state index in [0.29, 0.717) is 0 Å². The van der Waals surface area contributed by atoms with Gasteiger partial charge in [0, 0.05) is 12.6 Å². The minimum absolute atomic E-state index is 0.102. The third-order valence-electron chi connectivity index (χ3n) is 2.41. The number of hydrogen-bond acceptors (Lipinski definition) is 3. The Labute approximate surface area is 86.5 Å². The molecule has 1 atom stereocenters. The summed E-state index contributed by atoms with van der Waals surface area (Å²) in [5.41, 5.74) is 0. The van der Waals surface area contributed by atoms with Crippen molar-refractivity contribution in [3.05, 3.63) is 0 Å². The molecular formula is C9H20N2O2S. The minimum Gasteiger partial charge on any atom is -0.315 e. The minimum atomic E-state index is -3.03. The van der Waals surface area contributed by atoms with E-state index in [2.05, 4.69) is 10.0 Å². The molecule has 1 aliphatic heterocycles. The summed E-state index contributed by atoms with van der Waals surface area (Å²) in [5.74, 6) is 0.264. The highest BCUT2D eigenvalue weighted by Gasteiger charge is 2.18. The number of unbranched alkanes of at least 4 members (excludes halogenated alkanes) is 1. The zero-order valence-corrected chi connectivity index (χ0v) is 9.57. The van der Waals surface area contributed by atoms with Crippen molar-refractivity contribution in [1.29, 1.82) is 0 Å². The van der Waals surface area contributed by atoms with Crippen LogP contribution >= 0.6 is 0 Å². The van der Waals surface area contributed by atoms with Gasteiger partial charge in [0.15, 0.2) is 0 Å². The van der Waals surface area contributed by atoms with Crippen molar-refractivity contribution >= 4 is 10.0 Å². The van der Waals surface area contributed by atoms with Crippen molar-refractivity contribution in [1.82, 2.24) is 10.0 Å². The van der Waals surface area contributed by atoms with Gasteiger partial charge in [-0.15, -0.1) is 0 Å². The Bertz CT molecular complexity index is 246. The van der Waals surface area contributed by atoms with E-state index in [9.17, 15) is 8.42 Å². The lowest BCUT2D eigenvalue weighted by molar-refractivity contribution is 0.428. The fourth-order valence-electron chi connectivity index (χ4n) is 1.60. The second-order valence-corrected chi connectivity index (χ2v) is 5.71. The van der Waals surface area contributed by atoms with Gasteiger partial charge in [-0.3, -0.25) is 0 Å². The quantitative estimate of drug-likeness (QED) is 0.707. The van der Waals surface area contributed by atoms with Crippen molar-refractivity contribution in [2.75, 3.05) is 18.8 Å². The molecule has 0 aromatic heterocycles. The lowest BCUT2D eigenvalue weighted by atomic mass is 10.1. The third-order valence-corrected chi connectivity index (χ3v) is 3.93. The first-order valence-corrected chi connectivity index (χ1v) is 7.00. The Balaban J connectivity index is 2.33. The fraction of sp³-hybridized carbons (Fsp3) is 1.00. The molecule has 0 aliphatic carbocycles. The second kappa shape index (κ2) is 5.68. The molecule has 2 N–H and O–H groups in total. The summed E-state index contributed by atoms with van der Waals surface area (Å²) in [7, 11) is -3.03. The molecule has 0 radical (unpaired) electrons. The van der Waals surface area contributed by atoms with E-state index in [1.807, 2.05) is 6.92 Å². The second-order valence-electron chi connectivity index (χ2n) is 3.83. The Morgan fingerprint density at radius 2 is 2.29 bits per heavy atom. The maximum Gasteiger partial charge on any atom is 0.211 e. The highest BCUT2D eigenvalue weighted by Crippen LogP contribution is 2.04. The zero-order chi connectivity index (χ0) is 10.4. The van der Waals surface area contributed by atoms with Crippen LogP contribution in [-0.2, 0) is 10.0 Å². The summed E-state index contributed by atoms with van der Waals surface area (Å²) in [5, 5.41) is 3.19. The molecule has 1 aliphatic rings. The lowest BCUT2D eigenvalue weighted by Gasteiger charge is -2.23. The molecular weight excluding hydrogens is 200 g/mol. The number of rotatable bonds is 5. The summed E-state index contributed by atoms with van der Waals surface area (Å²) in [6, 6.07) is 0.102. The van der Waals surface area contributed by atoms with E-state index in [0.717, 1.165) is 38.8 Å². The molecule has 1 saturated heterocycles. The summed E-state index contributed by atoms with van der Waals surface area (Å²) in [6.07, 6.45) is 3.68. The van der Waals surface area contributed by atoms with Gasteiger partial charge in [0.05, 0.1) is 5.75 Å². The maximum atomic E-state index is 11.5. The summed E-state index contributed by atoms with van der Waals surface area (Å²) in [6.45, 7) is 3.77. The topological polar surface area (TPSA) is 58.2 Å². The Morgan fingerprint density at radius 3 is 2.86 bits per heavy atom. The number of nitrogens with one attached hydrogen (secondary N) is 2. The van der Waals surface area contributed by atoms with Gasteiger partial charge in [-0.2, -0.15) is 0 Å². The molecule has 0 spiro atoms. The first-order valence-electron chi connectivity index (χ1n) is 5.35. The van der Waals surface area contributed by atoms with Crippen molar-refractivity contribution in [3.63, 3.8) is 0 Å². The molecule has 0 amide bonds. The van der Waals surface area contributed by atoms with Gasteiger partial charge in [0.25, 0.3) is 0 Å². The van der Waals surface area contributed by atoms with Crippen LogP contribution in [0.1, 0.15) is 32.6 Å². The standard InChI is InChI=1S/C9H20N2O2S/c1-2-3-7-14(12,13)11-9-5-4-6-10-8-9/h9-11H,2-8H2,1H3/t9-/m0/s1. The van der Waals surface area contributed by atoms with Crippen LogP contribution in [0.4, 0.5) is 0 Å². The van der Waals surface area contributed by atoms with Gasteiger partial charge < -0.3 is 5.32 Å². The van der Waals surface area contributed by atoms with Gasteiger partial charge in [-0.25, -0.2) is 13.1 Å². The summed E-state index contributed by atoms with van der Waals surface area (Å²) >= 11 is 0. The van der Waals surface area contributed by atoms with Crippen LogP contribution in [0, 0.1) is 0 Å². The van der Waals surface area contributed by atoms with Gasteiger partial charge in [-0.1, -0.05) is 13.3 Å². The Hall–Kier alpha value is -0.130. The predicted molar refractivity (Wildman–Crippen MR) is 57.7 cm³/mol. The van der Waals surface area contributed by atoms with Crippen molar-refractivity contribution < 1.29 is 8.42 Å².